The van der Waals surface area contributed by atoms with Crippen molar-refractivity contribution in [3.8, 4) is 6.19 Å². The van der Waals surface area contributed by atoms with Crippen molar-refractivity contribution in [2.75, 3.05) is 19.6 Å². The lowest BCUT2D eigenvalue weighted by atomic mass is 10.1. The van der Waals surface area contributed by atoms with Gasteiger partial charge in [-0.1, -0.05) is 6.92 Å². The van der Waals surface area contributed by atoms with Crippen molar-refractivity contribution in [2.45, 2.75) is 32.9 Å². The van der Waals surface area contributed by atoms with Crippen LogP contribution in [-0.4, -0.2) is 41.5 Å². The van der Waals surface area contributed by atoms with Gasteiger partial charge < -0.3 is 4.90 Å². The second-order valence-electron chi connectivity index (χ2n) is 3.56. The maximum atomic E-state index is 8.85. The van der Waals surface area contributed by atoms with Crippen LogP contribution in [0.15, 0.2) is 0 Å². The van der Waals surface area contributed by atoms with Gasteiger partial charge in [-0.25, -0.2) is 0 Å². The predicted octanol–water partition coefficient (Wildman–Crippen LogP) is 0.882. The monoisotopic (exact) mass is 167 g/mol. The number of likely N-dealkylation sites (N-methyl/N-ethyl adjacent to an activating group) is 1. The molecule has 0 bridgehead atoms. The number of hydrogen-bond acceptors (Lipinski definition) is 3. The largest absolute Gasteiger partial charge is 0.303 e. The topological polar surface area (TPSA) is 30.3 Å². The van der Waals surface area contributed by atoms with Crippen LogP contribution in [0.5, 0.6) is 0 Å². The average Bonchev–Trinajstić information content (AvgIpc) is 2.03. The minimum Gasteiger partial charge on any atom is -0.303 e. The van der Waals surface area contributed by atoms with Gasteiger partial charge in [-0.3, -0.25) is 4.90 Å². The Morgan fingerprint density at radius 2 is 1.83 bits per heavy atom. The fraction of sp³-hybridized carbons (Fsp3) is 0.889. The normalized spacial score (nSPS) is 31.7. The molecule has 0 amide bonds. The Morgan fingerprint density at radius 3 is 2.17 bits per heavy atom. The molecule has 1 saturated heterocycles. The van der Waals surface area contributed by atoms with E-state index in [9.17, 15) is 0 Å². The van der Waals surface area contributed by atoms with E-state index in [0.717, 1.165) is 19.6 Å². The molecule has 0 N–H and O–H groups in total. The maximum Gasteiger partial charge on any atom is 0.179 e. The summed E-state index contributed by atoms with van der Waals surface area (Å²) in [4.78, 5) is 4.29. The molecular formula is C9H17N3. The van der Waals surface area contributed by atoms with Crippen LogP contribution in [0, 0.1) is 11.5 Å². The molecule has 1 heterocycles. The summed E-state index contributed by atoms with van der Waals surface area (Å²) in [5.74, 6) is 0. The van der Waals surface area contributed by atoms with Gasteiger partial charge in [-0.05, 0) is 20.4 Å². The molecule has 1 aliphatic heterocycles. The molecule has 1 fully saturated rings. The van der Waals surface area contributed by atoms with Gasteiger partial charge in [0.15, 0.2) is 6.19 Å². The first-order valence-corrected chi connectivity index (χ1v) is 4.59. The predicted molar refractivity (Wildman–Crippen MR) is 48.5 cm³/mol. The first kappa shape index (κ1) is 9.34. The molecule has 3 nitrogen and oxygen atoms in total. The summed E-state index contributed by atoms with van der Waals surface area (Å²) in [6.45, 7) is 9.53. The van der Waals surface area contributed by atoms with Crippen LogP contribution in [0.1, 0.15) is 20.8 Å². The van der Waals surface area contributed by atoms with Crippen molar-refractivity contribution >= 4 is 0 Å². The quantitative estimate of drug-likeness (QED) is 0.543. The summed E-state index contributed by atoms with van der Waals surface area (Å²) in [6, 6.07) is 0.748. The molecule has 2 atom stereocenters. The highest BCUT2D eigenvalue weighted by molar-refractivity contribution is 4.91. The van der Waals surface area contributed by atoms with Gasteiger partial charge in [0.2, 0.25) is 0 Å². The molecular weight excluding hydrogens is 150 g/mol. The van der Waals surface area contributed by atoms with E-state index in [1.165, 1.54) is 0 Å². The van der Waals surface area contributed by atoms with Gasteiger partial charge in [0, 0.05) is 25.2 Å². The van der Waals surface area contributed by atoms with Gasteiger partial charge in [0.1, 0.15) is 0 Å². The summed E-state index contributed by atoms with van der Waals surface area (Å²) in [5.41, 5.74) is 0. The van der Waals surface area contributed by atoms with E-state index in [4.69, 9.17) is 5.26 Å². The third-order valence-corrected chi connectivity index (χ3v) is 2.56. The van der Waals surface area contributed by atoms with Crippen LogP contribution in [0.3, 0.4) is 0 Å². The van der Waals surface area contributed by atoms with Gasteiger partial charge in [0.25, 0.3) is 0 Å². The SMILES string of the molecule is CCN1C[C@@H](C)N(C#N)[C@@H](C)C1. The summed E-state index contributed by atoms with van der Waals surface area (Å²) < 4.78 is 0. The summed E-state index contributed by atoms with van der Waals surface area (Å²) in [6.07, 6.45) is 2.25. The zero-order valence-corrected chi connectivity index (χ0v) is 8.12. The Labute approximate surface area is 74.6 Å². The first-order chi connectivity index (χ1) is 5.69. The van der Waals surface area contributed by atoms with Crippen LogP contribution in [0.25, 0.3) is 0 Å². The van der Waals surface area contributed by atoms with Gasteiger partial charge in [0.05, 0.1) is 0 Å². The summed E-state index contributed by atoms with van der Waals surface area (Å²) in [5, 5.41) is 8.85. The van der Waals surface area contributed by atoms with Crippen LogP contribution in [0.2, 0.25) is 0 Å². The minimum atomic E-state index is 0.374. The third kappa shape index (κ3) is 1.70. The van der Waals surface area contributed by atoms with E-state index in [2.05, 4.69) is 31.9 Å². The van der Waals surface area contributed by atoms with Crippen molar-refractivity contribution in [1.29, 1.82) is 5.26 Å². The molecule has 0 aromatic carbocycles. The zero-order valence-electron chi connectivity index (χ0n) is 8.12. The average molecular weight is 167 g/mol. The smallest absolute Gasteiger partial charge is 0.179 e. The highest BCUT2D eigenvalue weighted by atomic mass is 15.3. The van der Waals surface area contributed by atoms with Crippen LogP contribution in [0.4, 0.5) is 0 Å². The molecule has 0 aliphatic carbocycles. The fourth-order valence-corrected chi connectivity index (χ4v) is 1.89. The van der Waals surface area contributed by atoms with Crippen molar-refractivity contribution < 1.29 is 0 Å². The number of piperazine rings is 1. The van der Waals surface area contributed by atoms with Crippen molar-refractivity contribution in [2.24, 2.45) is 0 Å². The second-order valence-corrected chi connectivity index (χ2v) is 3.56. The van der Waals surface area contributed by atoms with Crippen LogP contribution >= 0.6 is 0 Å². The Kier molecular flexibility index (Phi) is 2.93. The maximum absolute atomic E-state index is 8.85. The number of nitrogens with zero attached hydrogens (tertiary/aromatic N) is 3. The number of hydrogen-bond donors (Lipinski definition) is 0. The number of nitriles is 1. The van der Waals surface area contributed by atoms with E-state index < -0.39 is 0 Å². The molecule has 0 aromatic rings. The van der Waals surface area contributed by atoms with Crippen molar-refractivity contribution in [3.05, 3.63) is 0 Å². The minimum absolute atomic E-state index is 0.374. The van der Waals surface area contributed by atoms with Crippen LogP contribution < -0.4 is 0 Å². The molecule has 1 rings (SSSR count). The Morgan fingerprint density at radius 1 is 1.33 bits per heavy atom. The summed E-state index contributed by atoms with van der Waals surface area (Å²) >= 11 is 0. The first-order valence-electron chi connectivity index (χ1n) is 4.59. The third-order valence-electron chi connectivity index (χ3n) is 2.56. The molecule has 0 saturated carbocycles. The molecule has 68 valence electrons. The molecule has 0 unspecified atom stereocenters. The highest BCUT2D eigenvalue weighted by Crippen LogP contribution is 2.13. The molecule has 12 heavy (non-hydrogen) atoms. The molecule has 0 aromatic heterocycles. The van der Waals surface area contributed by atoms with Crippen molar-refractivity contribution in [3.63, 3.8) is 0 Å². The standard InChI is InChI=1S/C9H17N3/c1-4-11-5-8(2)12(7-10)9(3)6-11/h8-9H,4-6H2,1-3H3/t8-,9+. The van der Waals surface area contributed by atoms with E-state index in [0.29, 0.717) is 12.1 Å². The Hall–Kier alpha value is -0.750. The lowest BCUT2D eigenvalue weighted by Gasteiger charge is -2.40. The molecule has 1 aliphatic rings. The Balaban J connectivity index is 2.58. The lowest BCUT2D eigenvalue weighted by Crippen LogP contribution is -2.54. The van der Waals surface area contributed by atoms with Gasteiger partial charge in [-0.15, -0.1) is 0 Å². The Bertz CT molecular complexity index is 173. The highest BCUT2D eigenvalue weighted by Gasteiger charge is 2.27. The van der Waals surface area contributed by atoms with E-state index in [1.807, 2.05) is 4.90 Å². The molecule has 0 radical (unpaired) electrons. The molecule has 0 spiro atoms. The van der Waals surface area contributed by atoms with E-state index >= 15 is 0 Å². The van der Waals surface area contributed by atoms with E-state index in [1.54, 1.807) is 0 Å². The van der Waals surface area contributed by atoms with Gasteiger partial charge >= 0.3 is 0 Å². The van der Waals surface area contributed by atoms with E-state index in [-0.39, 0.29) is 0 Å². The summed E-state index contributed by atoms with van der Waals surface area (Å²) in [7, 11) is 0. The second kappa shape index (κ2) is 3.77. The van der Waals surface area contributed by atoms with Crippen LogP contribution in [-0.2, 0) is 0 Å². The fourth-order valence-electron chi connectivity index (χ4n) is 1.89. The lowest BCUT2D eigenvalue weighted by molar-refractivity contribution is 0.0868. The van der Waals surface area contributed by atoms with Crippen molar-refractivity contribution in [1.82, 2.24) is 9.80 Å². The van der Waals surface area contributed by atoms with Gasteiger partial charge in [-0.2, -0.15) is 5.26 Å². The molecule has 3 heteroatoms. The number of rotatable bonds is 1. The zero-order chi connectivity index (χ0) is 9.14.